The Bertz CT molecular complexity index is 823. The van der Waals surface area contributed by atoms with Gasteiger partial charge in [-0.1, -0.05) is 23.4 Å². The first-order chi connectivity index (χ1) is 11.7. The lowest BCUT2D eigenvalue weighted by atomic mass is 10.2. The average Bonchev–Trinajstić information content (AvgIpc) is 3.03. The minimum Gasteiger partial charge on any atom is -0.496 e. The van der Waals surface area contributed by atoms with E-state index in [2.05, 4.69) is 26.7 Å². The monoisotopic (exact) mass is 360 g/mol. The van der Waals surface area contributed by atoms with Crippen LogP contribution in [0.1, 0.15) is 12.5 Å². The molecule has 7 heteroatoms. The van der Waals surface area contributed by atoms with Crippen LogP contribution in [0, 0.1) is 0 Å². The van der Waals surface area contributed by atoms with Gasteiger partial charge < -0.3 is 9.30 Å². The molecule has 5 nitrogen and oxygen atoms in total. The molecule has 0 fully saturated rings. The SMILES string of the molecule is CCn1c(SCc2cc(Cl)ccc2OC)nnc1-c1ccncc1. The smallest absolute Gasteiger partial charge is 0.191 e. The number of hydrogen-bond donors (Lipinski definition) is 0. The molecule has 3 aromatic rings. The van der Waals surface area contributed by atoms with Gasteiger partial charge in [-0.05, 0) is 37.3 Å². The minimum atomic E-state index is 0.695. The van der Waals surface area contributed by atoms with Crippen LogP contribution in [0.3, 0.4) is 0 Å². The van der Waals surface area contributed by atoms with Crippen molar-refractivity contribution in [3.63, 3.8) is 0 Å². The summed E-state index contributed by atoms with van der Waals surface area (Å²) in [5, 5.41) is 10.2. The number of ether oxygens (including phenoxy) is 1. The summed E-state index contributed by atoms with van der Waals surface area (Å²) in [5.74, 6) is 2.38. The Morgan fingerprint density at radius 1 is 1.17 bits per heavy atom. The molecule has 0 amide bonds. The highest BCUT2D eigenvalue weighted by Gasteiger charge is 2.14. The molecule has 3 rings (SSSR count). The number of methoxy groups -OCH3 is 1. The highest BCUT2D eigenvalue weighted by atomic mass is 35.5. The number of halogens is 1. The fraction of sp³-hybridized carbons (Fsp3) is 0.235. The predicted octanol–water partition coefficient (Wildman–Crippen LogP) is 4.31. The molecule has 2 heterocycles. The molecule has 1 aromatic carbocycles. The molecule has 24 heavy (non-hydrogen) atoms. The van der Waals surface area contributed by atoms with Gasteiger partial charge in [-0.2, -0.15) is 0 Å². The molecule has 0 bridgehead atoms. The number of nitrogens with zero attached hydrogens (tertiary/aromatic N) is 4. The Morgan fingerprint density at radius 3 is 2.67 bits per heavy atom. The summed E-state index contributed by atoms with van der Waals surface area (Å²) in [6.45, 7) is 2.87. The van der Waals surface area contributed by atoms with Crippen LogP contribution in [0.5, 0.6) is 5.75 Å². The van der Waals surface area contributed by atoms with Gasteiger partial charge in [-0.25, -0.2) is 0 Å². The van der Waals surface area contributed by atoms with E-state index in [1.54, 1.807) is 31.3 Å². The molecule has 0 radical (unpaired) electrons. The van der Waals surface area contributed by atoms with Crippen LogP contribution in [0.25, 0.3) is 11.4 Å². The second-order valence-electron chi connectivity index (χ2n) is 5.03. The molecule has 0 aliphatic rings. The standard InChI is InChI=1S/C17H17ClN4OS/c1-3-22-16(12-6-8-19-9-7-12)20-21-17(22)24-11-13-10-14(18)4-5-15(13)23-2/h4-10H,3,11H2,1-2H3. The molecule has 2 aromatic heterocycles. The van der Waals surface area contributed by atoms with Crippen molar-refractivity contribution in [1.29, 1.82) is 0 Å². The minimum absolute atomic E-state index is 0.695. The summed E-state index contributed by atoms with van der Waals surface area (Å²) >= 11 is 7.71. The van der Waals surface area contributed by atoms with Crippen molar-refractivity contribution in [3.05, 3.63) is 53.3 Å². The topological polar surface area (TPSA) is 52.8 Å². The zero-order valence-corrected chi connectivity index (χ0v) is 15.0. The van der Waals surface area contributed by atoms with E-state index in [0.29, 0.717) is 10.8 Å². The van der Waals surface area contributed by atoms with E-state index >= 15 is 0 Å². The number of benzene rings is 1. The molecule has 0 saturated heterocycles. The van der Waals surface area contributed by atoms with E-state index in [4.69, 9.17) is 16.3 Å². The largest absolute Gasteiger partial charge is 0.496 e. The van der Waals surface area contributed by atoms with Crippen LogP contribution in [0.2, 0.25) is 5.02 Å². The molecule has 0 saturated carbocycles. The van der Waals surface area contributed by atoms with E-state index in [1.165, 1.54) is 0 Å². The highest BCUT2D eigenvalue weighted by Crippen LogP contribution is 2.31. The molecule has 0 atom stereocenters. The van der Waals surface area contributed by atoms with E-state index in [1.807, 2.05) is 30.3 Å². The first kappa shape index (κ1) is 16.8. The van der Waals surface area contributed by atoms with E-state index < -0.39 is 0 Å². The van der Waals surface area contributed by atoms with Crippen molar-refractivity contribution in [3.8, 4) is 17.1 Å². The molecular formula is C17H17ClN4OS. The molecule has 0 aliphatic carbocycles. The Labute approximate surface area is 150 Å². The summed E-state index contributed by atoms with van der Waals surface area (Å²) in [4.78, 5) is 4.05. The second kappa shape index (κ2) is 7.68. The van der Waals surface area contributed by atoms with E-state index in [-0.39, 0.29) is 0 Å². The average molecular weight is 361 g/mol. The summed E-state index contributed by atoms with van der Waals surface area (Å²) in [7, 11) is 1.66. The zero-order chi connectivity index (χ0) is 16.9. The Kier molecular flexibility index (Phi) is 5.37. The predicted molar refractivity (Wildman–Crippen MR) is 96.5 cm³/mol. The van der Waals surface area contributed by atoms with Gasteiger partial charge in [0.2, 0.25) is 0 Å². The van der Waals surface area contributed by atoms with Gasteiger partial charge in [0.15, 0.2) is 11.0 Å². The maximum atomic E-state index is 6.09. The van der Waals surface area contributed by atoms with Crippen LogP contribution in [-0.4, -0.2) is 26.9 Å². The summed E-state index contributed by atoms with van der Waals surface area (Å²) in [6, 6.07) is 9.49. The lowest BCUT2D eigenvalue weighted by Gasteiger charge is -2.10. The quantitative estimate of drug-likeness (QED) is 0.613. The number of hydrogen-bond acceptors (Lipinski definition) is 5. The third kappa shape index (κ3) is 3.55. The van der Waals surface area contributed by atoms with E-state index in [0.717, 1.165) is 34.4 Å². The van der Waals surface area contributed by atoms with Crippen molar-refractivity contribution in [2.45, 2.75) is 24.4 Å². The Balaban J connectivity index is 1.84. The number of aromatic nitrogens is 4. The zero-order valence-electron chi connectivity index (χ0n) is 13.4. The van der Waals surface area contributed by atoms with Gasteiger partial charge in [-0.15, -0.1) is 10.2 Å². The maximum Gasteiger partial charge on any atom is 0.191 e. The van der Waals surface area contributed by atoms with Crippen LogP contribution in [0.4, 0.5) is 0 Å². The molecule has 0 unspecified atom stereocenters. The number of pyridine rings is 1. The number of rotatable bonds is 6. The van der Waals surface area contributed by atoms with Gasteiger partial charge in [0.25, 0.3) is 0 Å². The Hall–Kier alpha value is -2.05. The fourth-order valence-corrected chi connectivity index (χ4v) is 3.57. The van der Waals surface area contributed by atoms with Crippen LogP contribution >= 0.6 is 23.4 Å². The molecule has 0 aliphatic heterocycles. The van der Waals surface area contributed by atoms with Gasteiger partial charge in [0, 0.05) is 40.8 Å². The molecule has 124 valence electrons. The lowest BCUT2D eigenvalue weighted by Crippen LogP contribution is -2.00. The Morgan fingerprint density at radius 2 is 1.96 bits per heavy atom. The summed E-state index contributed by atoms with van der Waals surface area (Å²) in [5.41, 5.74) is 2.04. The fourth-order valence-electron chi connectivity index (χ4n) is 2.40. The summed E-state index contributed by atoms with van der Waals surface area (Å²) < 4.78 is 7.49. The summed E-state index contributed by atoms with van der Waals surface area (Å²) in [6.07, 6.45) is 3.52. The van der Waals surface area contributed by atoms with Crippen LogP contribution in [-0.2, 0) is 12.3 Å². The maximum absolute atomic E-state index is 6.09. The first-order valence-electron chi connectivity index (χ1n) is 7.51. The van der Waals surface area contributed by atoms with E-state index in [9.17, 15) is 0 Å². The van der Waals surface area contributed by atoms with Crippen LogP contribution in [0.15, 0.2) is 47.9 Å². The normalized spacial score (nSPS) is 10.8. The van der Waals surface area contributed by atoms with Crippen molar-refractivity contribution >= 4 is 23.4 Å². The molecule has 0 spiro atoms. The third-order valence-electron chi connectivity index (χ3n) is 3.57. The van der Waals surface area contributed by atoms with Crippen molar-refractivity contribution in [2.24, 2.45) is 0 Å². The van der Waals surface area contributed by atoms with Crippen molar-refractivity contribution in [2.75, 3.05) is 7.11 Å². The number of thioether (sulfide) groups is 1. The van der Waals surface area contributed by atoms with Gasteiger partial charge in [0.05, 0.1) is 7.11 Å². The van der Waals surface area contributed by atoms with Gasteiger partial charge in [-0.3, -0.25) is 4.98 Å². The first-order valence-corrected chi connectivity index (χ1v) is 8.88. The third-order valence-corrected chi connectivity index (χ3v) is 4.82. The molecular weight excluding hydrogens is 344 g/mol. The van der Waals surface area contributed by atoms with Crippen molar-refractivity contribution in [1.82, 2.24) is 19.7 Å². The molecule has 0 N–H and O–H groups in total. The van der Waals surface area contributed by atoms with Crippen molar-refractivity contribution < 1.29 is 4.74 Å². The van der Waals surface area contributed by atoms with Gasteiger partial charge >= 0.3 is 0 Å². The second-order valence-corrected chi connectivity index (χ2v) is 6.41. The lowest BCUT2D eigenvalue weighted by molar-refractivity contribution is 0.411. The highest BCUT2D eigenvalue weighted by molar-refractivity contribution is 7.98. The van der Waals surface area contributed by atoms with Gasteiger partial charge in [0.1, 0.15) is 5.75 Å². The van der Waals surface area contributed by atoms with Crippen LogP contribution < -0.4 is 4.74 Å².